The lowest BCUT2D eigenvalue weighted by Crippen LogP contribution is -2.34. The van der Waals surface area contributed by atoms with Crippen LogP contribution < -0.4 is 5.73 Å². The Hall–Kier alpha value is -2.38. The van der Waals surface area contributed by atoms with Crippen molar-refractivity contribution in [2.75, 3.05) is 13.1 Å². The van der Waals surface area contributed by atoms with Crippen LogP contribution in [0.1, 0.15) is 18.2 Å². The van der Waals surface area contributed by atoms with Crippen molar-refractivity contribution < 1.29 is 9.59 Å². The van der Waals surface area contributed by atoms with Gasteiger partial charge in [0.2, 0.25) is 5.91 Å². The summed E-state index contributed by atoms with van der Waals surface area (Å²) in [6.45, 7) is 9.52. The van der Waals surface area contributed by atoms with Gasteiger partial charge in [-0.2, -0.15) is 0 Å². The van der Waals surface area contributed by atoms with Gasteiger partial charge < -0.3 is 10.6 Å². The van der Waals surface area contributed by atoms with Gasteiger partial charge in [0.15, 0.2) is 5.78 Å². The summed E-state index contributed by atoms with van der Waals surface area (Å²) in [5.74, 6) is -0.882. The number of hydrogen-bond donors (Lipinski definition) is 1. The highest BCUT2D eigenvalue weighted by molar-refractivity contribution is 7.18. The van der Waals surface area contributed by atoms with Crippen LogP contribution in [0, 0.1) is 0 Å². The molecule has 0 aliphatic carbocycles. The molecule has 1 aromatic heterocycles. The lowest BCUT2D eigenvalue weighted by atomic mass is 10.0. The molecule has 168 valence electrons. The Labute approximate surface area is 206 Å². The zero-order chi connectivity index (χ0) is 23.8. The fourth-order valence-corrected chi connectivity index (χ4v) is 4.27. The Bertz CT molecular complexity index is 1100. The normalized spacial score (nSPS) is 12.2. The van der Waals surface area contributed by atoms with E-state index in [2.05, 4.69) is 18.2 Å². The molecule has 0 aliphatic heterocycles. The highest BCUT2D eigenvalue weighted by Gasteiger charge is 2.21. The number of ketones is 1. The predicted octanol–water partition coefficient (Wildman–Crippen LogP) is 6.22. The van der Waals surface area contributed by atoms with E-state index in [0.717, 1.165) is 0 Å². The molecule has 0 spiro atoms. The van der Waals surface area contributed by atoms with Crippen molar-refractivity contribution in [2.45, 2.75) is 13.3 Å². The number of nitrogens with zero attached hydrogens (tertiary/aromatic N) is 2. The standard InChI is InChI=1S/C23H22Cl3N3O2S/c1-4-10-29(11-5-2)21(31)13-18(30)22(27)14(3)23(19-8-9-20(26)32-19)28-17-7-6-15(24)12-16(17)25/h4-9,12H,1-2,10-11,13,27H2,3H3/b22-14-,28-23?. The minimum Gasteiger partial charge on any atom is -0.396 e. The van der Waals surface area contributed by atoms with E-state index in [1.54, 1.807) is 49.4 Å². The molecule has 0 bridgehead atoms. The fourth-order valence-electron chi connectivity index (χ4n) is 2.73. The number of allylic oxidation sites excluding steroid dienone is 2. The first-order valence-corrected chi connectivity index (χ1v) is 11.4. The van der Waals surface area contributed by atoms with Crippen molar-refractivity contribution in [3.8, 4) is 0 Å². The van der Waals surface area contributed by atoms with Gasteiger partial charge >= 0.3 is 0 Å². The van der Waals surface area contributed by atoms with Crippen LogP contribution in [-0.4, -0.2) is 35.4 Å². The number of carbonyl (C=O) groups is 2. The molecule has 1 amide bonds. The maximum absolute atomic E-state index is 12.8. The Kier molecular flexibility index (Phi) is 9.72. The first kappa shape index (κ1) is 25.9. The topological polar surface area (TPSA) is 75.8 Å². The largest absolute Gasteiger partial charge is 0.396 e. The van der Waals surface area contributed by atoms with Gasteiger partial charge in [-0.3, -0.25) is 9.59 Å². The van der Waals surface area contributed by atoms with E-state index >= 15 is 0 Å². The average molecular weight is 511 g/mol. The van der Waals surface area contributed by atoms with Gasteiger partial charge in [0.25, 0.3) is 0 Å². The maximum atomic E-state index is 12.8. The molecule has 2 rings (SSSR count). The summed E-state index contributed by atoms with van der Waals surface area (Å²) in [5, 5.41) is 0.814. The van der Waals surface area contributed by atoms with Gasteiger partial charge in [-0.05, 0) is 37.3 Å². The van der Waals surface area contributed by atoms with E-state index in [1.807, 2.05) is 0 Å². The molecule has 0 atom stereocenters. The van der Waals surface area contributed by atoms with Crippen LogP contribution in [0.2, 0.25) is 14.4 Å². The number of carbonyl (C=O) groups excluding carboxylic acids is 2. The van der Waals surface area contributed by atoms with Crippen molar-refractivity contribution in [3.63, 3.8) is 0 Å². The Balaban J connectivity index is 2.44. The zero-order valence-corrected chi connectivity index (χ0v) is 20.5. The first-order valence-electron chi connectivity index (χ1n) is 9.46. The van der Waals surface area contributed by atoms with E-state index in [4.69, 9.17) is 40.5 Å². The Morgan fingerprint density at radius 1 is 1.12 bits per heavy atom. The number of rotatable bonds is 10. The number of benzene rings is 1. The summed E-state index contributed by atoms with van der Waals surface area (Å²) in [6.07, 6.45) is 2.78. The van der Waals surface area contributed by atoms with Crippen molar-refractivity contribution in [2.24, 2.45) is 10.7 Å². The quantitative estimate of drug-likeness (QED) is 0.178. The molecule has 2 N–H and O–H groups in total. The molecule has 1 aromatic carbocycles. The molecule has 0 saturated carbocycles. The molecule has 1 heterocycles. The SMILES string of the molecule is C=CCN(CC=C)C(=O)CC(=O)/C(N)=C(\C)C(=Nc1ccc(Cl)cc1Cl)c1ccc(Cl)s1. The molecule has 0 radical (unpaired) electrons. The highest BCUT2D eigenvalue weighted by Crippen LogP contribution is 2.32. The second-order valence-corrected chi connectivity index (χ2v) is 9.23. The summed E-state index contributed by atoms with van der Waals surface area (Å²) < 4.78 is 0.548. The number of thiophene rings is 1. The van der Waals surface area contributed by atoms with Crippen LogP contribution in [0.4, 0.5) is 5.69 Å². The fraction of sp³-hybridized carbons (Fsp3) is 0.174. The van der Waals surface area contributed by atoms with E-state index in [1.165, 1.54) is 16.2 Å². The van der Waals surface area contributed by atoms with E-state index in [-0.39, 0.29) is 18.0 Å². The maximum Gasteiger partial charge on any atom is 0.231 e. The second kappa shape index (κ2) is 12.0. The first-order chi connectivity index (χ1) is 15.2. The van der Waals surface area contributed by atoms with E-state index < -0.39 is 5.78 Å². The lowest BCUT2D eigenvalue weighted by molar-refractivity contribution is -0.133. The minimum absolute atomic E-state index is 0.0659. The Morgan fingerprint density at radius 3 is 2.31 bits per heavy atom. The lowest BCUT2D eigenvalue weighted by Gasteiger charge is -2.19. The summed E-state index contributed by atoms with van der Waals surface area (Å²) in [6, 6.07) is 8.39. The van der Waals surface area contributed by atoms with Crippen molar-refractivity contribution in [1.82, 2.24) is 4.90 Å². The van der Waals surface area contributed by atoms with Gasteiger partial charge in [0.05, 0.1) is 37.8 Å². The monoisotopic (exact) mass is 509 g/mol. The molecule has 0 unspecified atom stereocenters. The number of halogens is 3. The summed E-state index contributed by atoms with van der Waals surface area (Å²) in [5.41, 5.74) is 7.40. The molecular weight excluding hydrogens is 489 g/mol. The van der Waals surface area contributed by atoms with Gasteiger partial charge in [-0.25, -0.2) is 4.99 Å². The van der Waals surface area contributed by atoms with Crippen molar-refractivity contribution >= 4 is 69.2 Å². The molecule has 0 saturated heterocycles. The number of hydrogen-bond acceptors (Lipinski definition) is 5. The average Bonchev–Trinajstić information content (AvgIpc) is 3.17. The molecule has 9 heteroatoms. The van der Waals surface area contributed by atoms with Crippen LogP contribution >= 0.6 is 46.1 Å². The van der Waals surface area contributed by atoms with Crippen molar-refractivity contribution in [1.29, 1.82) is 0 Å². The van der Waals surface area contributed by atoms with Crippen LogP contribution in [0.25, 0.3) is 0 Å². The summed E-state index contributed by atoms with van der Waals surface area (Å²) in [4.78, 5) is 32.1. The van der Waals surface area contributed by atoms with E-state index in [9.17, 15) is 9.59 Å². The molecule has 2 aromatic rings. The summed E-state index contributed by atoms with van der Waals surface area (Å²) in [7, 11) is 0. The third-order valence-corrected chi connectivity index (χ3v) is 6.15. The number of Topliss-reactive ketones (excluding diaryl/α,β-unsaturated/α-hetero) is 1. The van der Waals surface area contributed by atoms with Crippen LogP contribution in [-0.2, 0) is 9.59 Å². The number of nitrogens with two attached hydrogens (primary N) is 1. The zero-order valence-electron chi connectivity index (χ0n) is 17.4. The number of amides is 1. The second-order valence-electron chi connectivity index (χ2n) is 6.67. The van der Waals surface area contributed by atoms with Gasteiger partial charge in [0.1, 0.15) is 0 Å². The smallest absolute Gasteiger partial charge is 0.231 e. The van der Waals surface area contributed by atoms with Gasteiger partial charge in [-0.15, -0.1) is 24.5 Å². The summed E-state index contributed by atoms with van der Waals surface area (Å²) >= 11 is 19.6. The Morgan fingerprint density at radius 2 is 1.78 bits per heavy atom. The minimum atomic E-state index is -0.511. The number of aliphatic imine (C=N–C) groups is 1. The highest BCUT2D eigenvalue weighted by atomic mass is 35.5. The van der Waals surface area contributed by atoms with Gasteiger partial charge in [0, 0.05) is 23.7 Å². The van der Waals surface area contributed by atoms with Gasteiger partial charge in [-0.1, -0.05) is 47.0 Å². The van der Waals surface area contributed by atoms with Crippen LogP contribution in [0.3, 0.4) is 0 Å². The third kappa shape index (κ3) is 6.81. The predicted molar refractivity (Wildman–Crippen MR) is 135 cm³/mol. The van der Waals surface area contributed by atoms with Crippen LogP contribution in [0.15, 0.2) is 71.9 Å². The van der Waals surface area contributed by atoms with Crippen molar-refractivity contribution in [3.05, 3.63) is 86.2 Å². The molecule has 5 nitrogen and oxygen atoms in total. The van der Waals surface area contributed by atoms with E-state index in [0.29, 0.717) is 49.3 Å². The van der Waals surface area contributed by atoms with Crippen LogP contribution in [0.5, 0.6) is 0 Å². The molecule has 0 fully saturated rings. The third-order valence-electron chi connectivity index (χ3n) is 4.37. The molecule has 32 heavy (non-hydrogen) atoms. The molecule has 0 aliphatic rings. The molecular formula is C23H22Cl3N3O2S.